The van der Waals surface area contributed by atoms with Crippen LogP contribution in [0.1, 0.15) is 48.0 Å². The number of rotatable bonds is 3. The molecule has 2 aliphatic heterocycles. The molecule has 0 spiro atoms. The van der Waals surface area contributed by atoms with Crippen LogP contribution in [-0.4, -0.2) is 78.6 Å². The minimum atomic E-state index is -0.516. The maximum absolute atomic E-state index is 12.4. The third kappa shape index (κ3) is 7.09. The van der Waals surface area contributed by atoms with E-state index in [2.05, 4.69) is 27.2 Å². The summed E-state index contributed by atoms with van der Waals surface area (Å²) in [6, 6.07) is 8.15. The van der Waals surface area contributed by atoms with Crippen LogP contribution in [-0.2, 0) is 9.47 Å². The number of halogens is 1. The lowest BCUT2D eigenvalue weighted by Crippen LogP contribution is -2.50. The van der Waals surface area contributed by atoms with Gasteiger partial charge in [0.2, 0.25) is 0 Å². The molecule has 10 heteroatoms. The molecule has 2 amide bonds. The Kier molecular flexibility index (Phi) is 7.65. The van der Waals surface area contributed by atoms with Crippen LogP contribution in [0.25, 0.3) is 10.9 Å². The molecule has 1 atom stereocenters. The molecule has 4 rings (SSSR count). The number of pyridine rings is 1. The summed E-state index contributed by atoms with van der Waals surface area (Å²) in [5.74, 6) is 0.730. The third-order valence-electron chi connectivity index (χ3n) is 6.24. The van der Waals surface area contributed by atoms with Crippen LogP contribution in [0, 0.1) is 0 Å². The van der Waals surface area contributed by atoms with Gasteiger partial charge in [-0.05, 0) is 72.2 Å². The first-order chi connectivity index (χ1) is 17.3. The number of ether oxygens (including phenoxy) is 2. The number of benzene rings is 1. The van der Waals surface area contributed by atoms with Crippen molar-refractivity contribution in [2.75, 3.05) is 49.1 Å². The van der Waals surface area contributed by atoms with Crippen LogP contribution in [0.4, 0.5) is 21.1 Å². The third-order valence-corrected chi connectivity index (χ3v) is 6.52. The molecule has 0 aliphatic carbocycles. The number of aromatic nitrogens is 1. The van der Waals surface area contributed by atoms with E-state index in [-0.39, 0.29) is 18.2 Å². The molecule has 0 saturated carbocycles. The van der Waals surface area contributed by atoms with Crippen molar-refractivity contribution in [1.82, 2.24) is 15.2 Å². The highest BCUT2D eigenvalue weighted by Gasteiger charge is 2.28. The molecular formula is C27H38ClN5O4. The van der Waals surface area contributed by atoms with Gasteiger partial charge in [0.25, 0.3) is 0 Å². The van der Waals surface area contributed by atoms with E-state index >= 15 is 0 Å². The number of nitrogens with one attached hydrogen (secondary N) is 1. The molecule has 0 unspecified atom stereocenters. The van der Waals surface area contributed by atoms with Crippen LogP contribution < -0.4 is 15.1 Å². The predicted octanol–water partition coefficient (Wildman–Crippen LogP) is 5.05. The second-order valence-electron chi connectivity index (χ2n) is 11.7. The van der Waals surface area contributed by atoms with E-state index in [1.807, 2.05) is 53.7 Å². The molecule has 2 aromatic rings. The highest BCUT2D eigenvalue weighted by Crippen LogP contribution is 2.32. The molecule has 1 N–H and O–H groups in total. The standard InChI is InChI=1S/C27H38ClN5O4/c1-26(2,3)36-24(34)29-19-9-10-33(17-19)20-7-8-22-18(15-20)16-21(28)23(30-22)31-11-13-32(14-12-31)25(35)37-27(4,5)6/h7-8,15-16,19H,9-14,17H2,1-6H3,(H,29,34)/t19-/m1/s1. The van der Waals surface area contributed by atoms with Gasteiger partial charge in [0.1, 0.15) is 17.0 Å². The first-order valence-electron chi connectivity index (χ1n) is 12.8. The predicted molar refractivity (Wildman–Crippen MR) is 147 cm³/mol. The maximum Gasteiger partial charge on any atom is 0.410 e. The van der Waals surface area contributed by atoms with Gasteiger partial charge < -0.3 is 29.5 Å². The van der Waals surface area contributed by atoms with Crippen molar-refractivity contribution < 1.29 is 19.1 Å². The lowest BCUT2D eigenvalue weighted by molar-refractivity contribution is 0.0240. The molecule has 9 nitrogen and oxygen atoms in total. The van der Waals surface area contributed by atoms with Crippen LogP contribution in [0.3, 0.4) is 0 Å². The highest BCUT2D eigenvalue weighted by molar-refractivity contribution is 6.33. The van der Waals surface area contributed by atoms with Gasteiger partial charge in [-0.2, -0.15) is 0 Å². The fourth-order valence-corrected chi connectivity index (χ4v) is 4.84. The lowest BCUT2D eigenvalue weighted by atomic mass is 10.1. The van der Waals surface area contributed by atoms with E-state index in [1.165, 1.54) is 0 Å². The molecule has 1 aromatic heterocycles. The van der Waals surface area contributed by atoms with Crippen LogP contribution >= 0.6 is 11.6 Å². The largest absolute Gasteiger partial charge is 0.444 e. The summed E-state index contributed by atoms with van der Waals surface area (Å²) in [6.45, 7) is 15.1. The Morgan fingerprint density at radius 3 is 2.27 bits per heavy atom. The minimum absolute atomic E-state index is 0.0361. The van der Waals surface area contributed by atoms with Gasteiger partial charge in [-0.1, -0.05) is 11.6 Å². The average Bonchev–Trinajstić information content (AvgIpc) is 3.24. The van der Waals surface area contributed by atoms with Crippen molar-refractivity contribution in [2.45, 2.75) is 65.2 Å². The number of amides is 2. The minimum Gasteiger partial charge on any atom is -0.444 e. The molecule has 2 fully saturated rings. The van der Waals surface area contributed by atoms with E-state index in [1.54, 1.807) is 4.90 Å². The van der Waals surface area contributed by atoms with E-state index < -0.39 is 11.2 Å². The van der Waals surface area contributed by atoms with Gasteiger partial charge in [-0.25, -0.2) is 14.6 Å². The first-order valence-corrected chi connectivity index (χ1v) is 13.2. The fourth-order valence-electron chi connectivity index (χ4n) is 4.56. The molecule has 1 aromatic carbocycles. The van der Waals surface area contributed by atoms with Crippen molar-refractivity contribution in [3.05, 3.63) is 29.3 Å². The Labute approximate surface area is 224 Å². The van der Waals surface area contributed by atoms with Gasteiger partial charge in [0, 0.05) is 50.3 Å². The number of hydrogen-bond donors (Lipinski definition) is 1. The number of nitrogens with zero attached hydrogens (tertiary/aromatic N) is 4. The number of carbonyl (C=O) groups excluding carboxylic acids is 2. The number of fused-ring (bicyclic) bond motifs is 1. The zero-order chi connectivity index (χ0) is 27.0. The average molecular weight is 532 g/mol. The van der Waals surface area contributed by atoms with Gasteiger partial charge in [-0.3, -0.25) is 0 Å². The molecule has 0 bridgehead atoms. The van der Waals surface area contributed by atoms with Crippen molar-refractivity contribution in [3.8, 4) is 0 Å². The SMILES string of the molecule is CC(C)(C)OC(=O)N[C@@H]1CCN(c2ccc3nc(N4CCN(C(=O)OC(C)(C)C)CC4)c(Cl)cc3c2)C1. The Bertz CT molecular complexity index is 1150. The van der Waals surface area contributed by atoms with Crippen molar-refractivity contribution in [1.29, 1.82) is 0 Å². The van der Waals surface area contributed by atoms with Gasteiger partial charge >= 0.3 is 12.2 Å². The summed E-state index contributed by atoms with van der Waals surface area (Å²) >= 11 is 6.68. The smallest absolute Gasteiger partial charge is 0.410 e. The summed E-state index contributed by atoms with van der Waals surface area (Å²) in [5, 5.41) is 4.52. The second kappa shape index (κ2) is 10.4. The normalized spacial score (nSPS) is 18.8. The van der Waals surface area contributed by atoms with Crippen molar-refractivity contribution in [3.63, 3.8) is 0 Å². The molecular weight excluding hydrogens is 494 g/mol. The Balaban J connectivity index is 1.39. The number of piperazine rings is 1. The zero-order valence-corrected chi connectivity index (χ0v) is 23.4. The van der Waals surface area contributed by atoms with E-state index in [0.29, 0.717) is 37.7 Å². The molecule has 2 saturated heterocycles. The van der Waals surface area contributed by atoms with Gasteiger partial charge in [-0.15, -0.1) is 0 Å². The molecule has 202 valence electrons. The van der Waals surface area contributed by atoms with Crippen LogP contribution in [0.2, 0.25) is 5.02 Å². The first kappa shape index (κ1) is 27.1. The zero-order valence-electron chi connectivity index (χ0n) is 22.6. The summed E-state index contributed by atoms with van der Waals surface area (Å²) < 4.78 is 10.9. The van der Waals surface area contributed by atoms with E-state index in [4.69, 9.17) is 26.1 Å². The Morgan fingerprint density at radius 1 is 0.946 bits per heavy atom. The number of carbonyl (C=O) groups is 2. The van der Waals surface area contributed by atoms with Gasteiger partial charge in [0.05, 0.1) is 16.6 Å². The molecule has 3 heterocycles. The summed E-state index contributed by atoms with van der Waals surface area (Å²) in [7, 11) is 0. The van der Waals surface area contributed by atoms with E-state index in [0.717, 1.165) is 35.4 Å². The fraction of sp³-hybridized carbons (Fsp3) is 0.593. The van der Waals surface area contributed by atoms with E-state index in [9.17, 15) is 9.59 Å². The monoisotopic (exact) mass is 531 g/mol. The quantitative estimate of drug-likeness (QED) is 0.593. The second-order valence-corrected chi connectivity index (χ2v) is 12.1. The maximum atomic E-state index is 12.4. The number of alkyl carbamates (subject to hydrolysis) is 1. The molecule has 2 aliphatic rings. The van der Waals surface area contributed by atoms with Crippen molar-refractivity contribution in [2.24, 2.45) is 0 Å². The molecule has 37 heavy (non-hydrogen) atoms. The van der Waals surface area contributed by atoms with Crippen molar-refractivity contribution >= 4 is 46.2 Å². The van der Waals surface area contributed by atoms with Crippen LogP contribution in [0.5, 0.6) is 0 Å². The Morgan fingerprint density at radius 2 is 1.62 bits per heavy atom. The lowest BCUT2D eigenvalue weighted by Gasteiger charge is -2.36. The summed E-state index contributed by atoms with van der Waals surface area (Å²) in [5.41, 5.74) is 0.899. The number of hydrogen-bond acceptors (Lipinski definition) is 7. The number of anilines is 2. The highest BCUT2D eigenvalue weighted by atomic mass is 35.5. The van der Waals surface area contributed by atoms with Gasteiger partial charge in [0.15, 0.2) is 0 Å². The summed E-state index contributed by atoms with van der Waals surface area (Å²) in [4.78, 5) is 35.5. The topological polar surface area (TPSA) is 87.2 Å². The van der Waals surface area contributed by atoms with Crippen LogP contribution in [0.15, 0.2) is 24.3 Å². The Hall–Kier alpha value is -2.94. The summed E-state index contributed by atoms with van der Waals surface area (Å²) in [6.07, 6.45) is 0.181. The molecule has 0 radical (unpaired) electrons.